The molecule has 5 nitrogen and oxygen atoms in total. The van der Waals surface area contributed by atoms with Crippen LogP contribution in [0.5, 0.6) is 0 Å². The summed E-state index contributed by atoms with van der Waals surface area (Å²) in [6.07, 6.45) is 4.23. The smallest absolute Gasteiger partial charge is 0.160 e. The van der Waals surface area contributed by atoms with E-state index in [2.05, 4.69) is 39.8 Å². The molecule has 0 saturated carbocycles. The molecule has 2 rings (SSSR count). The van der Waals surface area contributed by atoms with Crippen LogP contribution >= 0.6 is 0 Å². The topological polar surface area (TPSA) is 75.9 Å². The van der Waals surface area contributed by atoms with Gasteiger partial charge in [0.2, 0.25) is 0 Å². The summed E-state index contributed by atoms with van der Waals surface area (Å²) in [7, 11) is 0. The normalized spacial score (nSPS) is 11.9. The predicted molar refractivity (Wildman–Crippen MR) is 72.9 cm³/mol. The SMILES string of the molecule is CCC(Nc1cncc(NN)n1)c1ccccc1. The quantitative estimate of drug-likeness (QED) is 0.555. The average Bonchev–Trinajstić information content (AvgIpc) is 2.46. The van der Waals surface area contributed by atoms with Crippen molar-refractivity contribution in [3.05, 3.63) is 48.3 Å². The minimum atomic E-state index is 0.216. The van der Waals surface area contributed by atoms with Gasteiger partial charge in [0.25, 0.3) is 0 Å². The second-order valence-corrected chi connectivity index (χ2v) is 3.95. The van der Waals surface area contributed by atoms with Crippen LogP contribution in [-0.2, 0) is 0 Å². The molecule has 5 heteroatoms. The highest BCUT2D eigenvalue weighted by molar-refractivity contribution is 5.42. The van der Waals surface area contributed by atoms with E-state index in [0.29, 0.717) is 11.6 Å². The van der Waals surface area contributed by atoms with Gasteiger partial charge in [-0.15, -0.1) is 0 Å². The molecule has 0 bridgehead atoms. The highest BCUT2D eigenvalue weighted by atomic mass is 15.3. The molecule has 94 valence electrons. The van der Waals surface area contributed by atoms with Crippen LogP contribution in [0.4, 0.5) is 11.6 Å². The summed E-state index contributed by atoms with van der Waals surface area (Å²) >= 11 is 0. The maximum Gasteiger partial charge on any atom is 0.160 e. The zero-order chi connectivity index (χ0) is 12.8. The molecule has 0 amide bonds. The van der Waals surface area contributed by atoms with E-state index >= 15 is 0 Å². The lowest BCUT2D eigenvalue weighted by molar-refractivity contribution is 0.743. The van der Waals surface area contributed by atoms with E-state index in [0.717, 1.165) is 6.42 Å². The molecular weight excluding hydrogens is 226 g/mol. The summed E-state index contributed by atoms with van der Waals surface area (Å²) < 4.78 is 0. The van der Waals surface area contributed by atoms with Crippen LogP contribution in [0.3, 0.4) is 0 Å². The Hall–Kier alpha value is -2.14. The Bertz CT molecular complexity index is 486. The van der Waals surface area contributed by atoms with E-state index in [1.807, 2.05) is 18.2 Å². The molecule has 1 heterocycles. The van der Waals surface area contributed by atoms with E-state index in [4.69, 9.17) is 5.84 Å². The Morgan fingerprint density at radius 1 is 1.17 bits per heavy atom. The molecule has 18 heavy (non-hydrogen) atoms. The first-order valence-corrected chi connectivity index (χ1v) is 5.93. The lowest BCUT2D eigenvalue weighted by atomic mass is 10.1. The van der Waals surface area contributed by atoms with Crippen molar-refractivity contribution in [3.63, 3.8) is 0 Å². The fraction of sp³-hybridized carbons (Fsp3) is 0.231. The van der Waals surface area contributed by atoms with E-state index in [1.165, 1.54) is 5.56 Å². The van der Waals surface area contributed by atoms with E-state index in [-0.39, 0.29) is 6.04 Å². The third-order valence-corrected chi connectivity index (χ3v) is 2.71. The van der Waals surface area contributed by atoms with Gasteiger partial charge in [0, 0.05) is 0 Å². The van der Waals surface area contributed by atoms with Gasteiger partial charge in [-0.25, -0.2) is 10.8 Å². The van der Waals surface area contributed by atoms with Gasteiger partial charge < -0.3 is 10.7 Å². The van der Waals surface area contributed by atoms with Crippen LogP contribution in [0.1, 0.15) is 24.9 Å². The summed E-state index contributed by atoms with van der Waals surface area (Å²) in [5, 5.41) is 3.35. The molecule has 1 unspecified atom stereocenters. The third-order valence-electron chi connectivity index (χ3n) is 2.71. The molecule has 1 aromatic carbocycles. The Morgan fingerprint density at radius 3 is 2.56 bits per heavy atom. The molecule has 1 atom stereocenters. The summed E-state index contributed by atoms with van der Waals surface area (Å²) in [5.41, 5.74) is 3.71. The number of anilines is 2. The van der Waals surface area contributed by atoms with Crippen molar-refractivity contribution in [1.82, 2.24) is 9.97 Å². The Kier molecular flexibility index (Phi) is 4.09. The maximum atomic E-state index is 5.31. The van der Waals surface area contributed by atoms with E-state index < -0.39 is 0 Å². The summed E-state index contributed by atoms with van der Waals surface area (Å²) in [6, 6.07) is 10.5. The minimum Gasteiger partial charge on any atom is -0.362 e. The molecule has 0 aliphatic heterocycles. The van der Waals surface area contributed by atoms with Crippen LogP contribution in [0.15, 0.2) is 42.7 Å². The van der Waals surface area contributed by atoms with Gasteiger partial charge in [-0.2, -0.15) is 0 Å². The van der Waals surface area contributed by atoms with Crippen molar-refractivity contribution < 1.29 is 0 Å². The first kappa shape index (κ1) is 12.3. The Labute approximate surface area is 106 Å². The number of nitrogens with zero attached hydrogens (tertiary/aromatic N) is 2. The van der Waals surface area contributed by atoms with Crippen molar-refractivity contribution in [2.45, 2.75) is 19.4 Å². The lowest BCUT2D eigenvalue weighted by Gasteiger charge is -2.18. The summed E-state index contributed by atoms with van der Waals surface area (Å²) in [4.78, 5) is 8.36. The molecule has 0 radical (unpaired) electrons. The molecule has 4 N–H and O–H groups in total. The summed E-state index contributed by atoms with van der Waals surface area (Å²) in [5.74, 6) is 6.57. The molecule has 0 aliphatic carbocycles. The van der Waals surface area contributed by atoms with Crippen molar-refractivity contribution in [2.75, 3.05) is 10.7 Å². The monoisotopic (exact) mass is 243 g/mol. The molecule has 0 aliphatic rings. The van der Waals surface area contributed by atoms with E-state index in [1.54, 1.807) is 12.4 Å². The van der Waals surface area contributed by atoms with Crippen LogP contribution in [0.25, 0.3) is 0 Å². The second kappa shape index (κ2) is 5.97. The maximum absolute atomic E-state index is 5.31. The van der Waals surface area contributed by atoms with Gasteiger partial charge in [0.1, 0.15) is 5.82 Å². The van der Waals surface area contributed by atoms with Crippen molar-refractivity contribution >= 4 is 11.6 Å². The van der Waals surface area contributed by atoms with Crippen molar-refractivity contribution in [2.24, 2.45) is 5.84 Å². The fourth-order valence-corrected chi connectivity index (χ4v) is 1.79. The lowest BCUT2D eigenvalue weighted by Crippen LogP contribution is -2.13. The van der Waals surface area contributed by atoms with Crippen molar-refractivity contribution in [1.29, 1.82) is 0 Å². The first-order valence-electron chi connectivity index (χ1n) is 5.93. The fourth-order valence-electron chi connectivity index (χ4n) is 1.79. The number of hydrazine groups is 1. The number of hydrogen-bond donors (Lipinski definition) is 3. The zero-order valence-electron chi connectivity index (χ0n) is 10.3. The predicted octanol–water partition coefficient (Wildman–Crippen LogP) is 2.33. The molecule has 1 aromatic heterocycles. The van der Waals surface area contributed by atoms with Crippen LogP contribution in [0, 0.1) is 0 Å². The zero-order valence-corrected chi connectivity index (χ0v) is 10.3. The number of benzene rings is 1. The van der Waals surface area contributed by atoms with E-state index in [9.17, 15) is 0 Å². The average molecular weight is 243 g/mol. The molecular formula is C13H17N5. The van der Waals surface area contributed by atoms with Crippen LogP contribution in [-0.4, -0.2) is 9.97 Å². The molecule has 2 aromatic rings. The molecule has 0 spiro atoms. The van der Waals surface area contributed by atoms with Gasteiger partial charge in [0.15, 0.2) is 5.82 Å². The largest absolute Gasteiger partial charge is 0.362 e. The number of nitrogens with two attached hydrogens (primary N) is 1. The van der Waals surface area contributed by atoms with Gasteiger partial charge in [0.05, 0.1) is 18.4 Å². The number of nitrogen functional groups attached to an aromatic ring is 1. The van der Waals surface area contributed by atoms with Gasteiger partial charge in [-0.3, -0.25) is 4.98 Å². The molecule has 0 fully saturated rings. The number of rotatable bonds is 5. The second-order valence-electron chi connectivity index (χ2n) is 3.95. The standard InChI is InChI=1S/C13H17N5/c1-2-11(10-6-4-3-5-7-10)16-12-8-15-9-13(17-12)18-14/h3-9,11H,2,14H2,1H3,(H2,16,17,18). The number of aromatic nitrogens is 2. The van der Waals surface area contributed by atoms with Crippen LogP contribution < -0.4 is 16.6 Å². The third kappa shape index (κ3) is 2.95. The van der Waals surface area contributed by atoms with Crippen LogP contribution in [0.2, 0.25) is 0 Å². The highest BCUT2D eigenvalue weighted by Gasteiger charge is 2.09. The minimum absolute atomic E-state index is 0.216. The Balaban J connectivity index is 2.15. The first-order chi connectivity index (χ1) is 8.83. The van der Waals surface area contributed by atoms with Gasteiger partial charge in [-0.05, 0) is 12.0 Å². The Morgan fingerprint density at radius 2 is 1.89 bits per heavy atom. The van der Waals surface area contributed by atoms with Crippen molar-refractivity contribution in [3.8, 4) is 0 Å². The number of hydrogen-bond acceptors (Lipinski definition) is 5. The summed E-state index contributed by atoms with van der Waals surface area (Å²) in [6.45, 7) is 2.13. The van der Waals surface area contributed by atoms with Gasteiger partial charge >= 0.3 is 0 Å². The molecule has 0 saturated heterocycles. The number of nitrogens with one attached hydrogen (secondary N) is 2. The highest BCUT2D eigenvalue weighted by Crippen LogP contribution is 2.21. The van der Waals surface area contributed by atoms with Gasteiger partial charge in [-0.1, -0.05) is 37.3 Å².